The number of hydrogen-bond donors (Lipinski definition) is 2. The van der Waals surface area contributed by atoms with E-state index < -0.39 is 6.04 Å². The molecule has 126 valence electrons. The summed E-state index contributed by atoms with van der Waals surface area (Å²) >= 11 is 11.8. The number of para-hydroxylation sites is 2. The molecule has 1 aliphatic rings. The lowest BCUT2D eigenvalue weighted by molar-refractivity contribution is -0.123. The third kappa shape index (κ3) is 2.83. The van der Waals surface area contributed by atoms with Crippen LogP contribution in [0.2, 0.25) is 10.0 Å². The number of anilines is 2. The zero-order valence-corrected chi connectivity index (χ0v) is 14.3. The highest BCUT2D eigenvalue weighted by Gasteiger charge is 2.34. The van der Waals surface area contributed by atoms with Crippen molar-refractivity contribution in [1.29, 1.82) is 0 Å². The van der Waals surface area contributed by atoms with E-state index in [4.69, 9.17) is 23.2 Å². The molecule has 3 aromatic rings. The van der Waals surface area contributed by atoms with Crippen LogP contribution in [0.25, 0.3) is 11.0 Å². The third-order valence-electron chi connectivity index (χ3n) is 4.03. The van der Waals surface area contributed by atoms with Gasteiger partial charge in [0.05, 0.1) is 27.5 Å². The first kappa shape index (κ1) is 15.9. The zero-order chi connectivity index (χ0) is 17.6. The molecule has 1 aromatic heterocycles. The van der Waals surface area contributed by atoms with E-state index in [9.17, 15) is 9.59 Å². The Balaban J connectivity index is 1.57. The van der Waals surface area contributed by atoms with Gasteiger partial charge in [0.15, 0.2) is 0 Å². The molecular formula is C17H12Cl2N4O2. The molecule has 0 spiro atoms. The summed E-state index contributed by atoms with van der Waals surface area (Å²) in [6, 6.07) is 11.6. The van der Waals surface area contributed by atoms with E-state index in [1.165, 1.54) is 0 Å². The summed E-state index contributed by atoms with van der Waals surface area (Å²) in [5, 5.41) is 6.20. The first-order valence-corrected chi connectivity index (χ1v) is 8.31. The highest BCUT2D eigenvalue weighted by Crippen LogP contribution is 2.32. The Kier molecular flexibility index (Phi) is 3.86. The topological polar surface area (TPSA) is 76.0 Å². The number of nitrogens with one attached hydrogen (secondary N) is 2. The maximum absolute atomic E-state index is 12.4. The van der Waals surface area contributed by atoms with Crippen LogP contribution in [0.4, 0.5) is 11.6 Å². The van der Waals surface area contributed by atoms with Crippen molar-refractivity contribution in [2.75, 3.05) is 10.6 Å². The number of aromatic nitrogens is 2. The van der Waals surface area contributed by atoms with Crippen molar-refractivity contribution in [1.82, 2.24) is 9.55 Å². The molecule has 0 aliphatic carbocycles. The van der Waals surface area contributed by atoms with Gasteiger partial charge < -0.3 is 5.32 Å². The number of amides is 2. The first-order chi connectivity index (χ1) is 12.0. The molecule has 0 radical (unpaired) electrons. The summed E-state index contributed by atoms with van der Waals surface area (Å²) in [6.07, 6.45) is -0.0145. The van der Waals surface area contributed by atoms with Gasteiger partial charge in [-0.25, -0.2) is 4.98 Å². The highest BCUT2D eigenvalue weighted by atomic mass is 35.5. The fourth-order valence-electron chi connectivity index (χ4n) is 2.90. The molecule has 2 heterocycles. The van der Waals surface area contributed by atoms with Gasteiger partial charge in [0, 0.05) is 5.69 Å². The molecule has 0 fully saturated rings. The van der Waals surface area contributed by atoms with Crippen LogP contribution in [0.15, 0.2) is 42.5 Å². The normalized spacial score (nSPS) is 15.9. The average molecular weight is 375 g/mol. The van der Waals surface area contributed by atoms with Crippen LogP contribution < -0.4 is 10.6 Å². The second-order valence-electron chi connectivity index (χ2n) is 5.68. The predicted octanol–water partition coefficient (Wildman–Crippen LogP) is 3.87. The lowest BCUT2D eigenvalue weighted by Crippen LogP contribution is -2.23. The molecule has 0 unspecified atom stereocenters. The largest absolute Gasteiger partial charge is 0.326 e. The van der Waals surface area contributed by atoms with Gasteiger partial charge in [-0.15, -0.1) is 0 Å². The minimum atomic E-state index is -0.648. The number of benzene rings is 2. The summed E-state index contributed by atoms with van der Waals surface area (Å²) in [5.74, 6) is -0.0970. The van der Waals surface area contributed by atoms with Crippen molar-refractivity contribution in [3.63, 3.8) is 0 Å². The number of nitrogens with zero attached hydrogens (tertiary/aromatic N) is 2. The third-order valence-corrected chi connectivity index (χ3v) is 4.77. The van der Waals surface area contributed by atoms with Gasteiger partial charge in [-0.1, -0.05) is 35.3 Å². The van der Waals surface area contributed by atoms with Gasteiger partial charge >= 0.3 is 0 Å². The second kappa shape index (κ2) is 6.06. The molecule has 2 aromatic carbocycles. The maximum Gasteiger partial charge on any atom is 0.250 e. The van der Waals surface area contributed by atoms with Crippen LogP contribution in [0.3, 0.4) is 0 Å². The van der Waals surface area contributed by atoms with Crippen LogP contribution in [0, 0.1) is 0 Å². The van der Waals surface area contributed by atoms with E-state index in [2.05, 4.69) is 15.6 Å². The number of imidazole rings is 1. The minimum absolute atomic E-state index is 0.0145. The Morgan fingerprint density at radius 1 is 1.20 bits per heavy atom. The quantitative estimate of drug-likeness (QED) is 0.730. The summed E-state index contributed by atoms with van der Waals surface area (Å²) in [7, 11) is 0. The van der Waals surface area contributed by atoms with Crippen LogP contribution in [-0.2, 0) is 9.59 Å². The standard InChI is InChI=1S/C17H12Cl2N4O2/c18-10-6-5-9(7-11(10)19)20-15(24)8-14-16(25)22-17-21-12-3-1-2-4-13(12)23(14)17/h1-7,14H,8H2,(H,20,24)(H,21,22,25)/t14-/m1/s1. The number of carbonyl (C=O) groups excluding carboxylic acids is 2. The van der Waals surface area contributed by atoms with Gasteiger partial charge in [0.25, 0.3) is 0 Å². The van der Waals surface area contributed by atoms with Gasteiger partial charge in [-0.05, 0) is 30.3 Å². The van der Waals surface area contributed by atoms with Gasteiger partial charge in [0.1, 0.15) is 6.04 Å². The maximum atomic E-state index is 12.4. The first-order valence-electron chi connectivity index (χ1n) is 7.55. The van der Waals surface area contributed by atoms with Crippen molar-refractivity contribution in [3.8, 4) is 0 Å². The Morgan fingerprint density at radius 3 is 2.80 bits per heavy atom. The fraction of sp³-hybridized carbons (Fsp3) is 0.118. The highest BCUT2D eigenvalue weighted by molar-refractivity contribution is 6.42. The molecule has 0 bridgehead atoms. The van der Waals surface area contributed by atoms with Crippen molar-refractivity contribution in [2.45, 2.75) is 12.5 Å². The summed E-state index contributed by atoms with van der Waals surface area (Å²) < 4.78 is 1.76. The average Bonchev–Trinajstić information content (AvgIpc) is 3.07. The smallest absolute Gasteiger partial charge is 0.250 e. The molecule has 6 nitrogen and oxygen atoms in total. The molecule has 2 amide bonds. The number of rotatable bonds is 3. The SMILES string of the molecule is O=C(C[C@@H]1C(=O)Nc2nc3ccccc3n21)Nc1ccc(Cl)c(Cl)c1. The zero-order valence-electron chi connectivity index (χ0n) is 12.8. The van der Waals surface area contributed by atoms with Crippen LogP contribution in [0.5, 0.6) is 0 Å². The lowest BCUT2D eigenvalue weighted by atomic mass is 10.1. The molecule has 2 N–H and O–H groups in total. The Morgan fingerprint density at radius 2 is 2.00 bits per heavy atom. The molecule has 1 atom stereocenters. The minimum Gasteiger partial charge on any atom is -0.326 e. The van der Waals surface area contributed by atoms with Crippen LogP contribution in [0.1, 0.15) is 12.5 Å². The monoisotopic (exact) mass is 374 g/mol. The van der Waals surface area contributed by atoms with Crippen LogP contribution >= 0.6 is 23.2 Å². The van der Waals surface area contributed by atoms with Gasteiger partial charge in [-0.3, -0.25) is 19.5 Å². The summed E-state index contributed by atoms with van der Waals surface area (Å²) in [5.41, 5.74) is 2.10. The Labute approximate surface area is 152 Å². The fourth-order valence-corrected chi connectivity index (χ4v) is 3.20. The number of fused-ring (bicyclic) bond motifs is 3. The van der Waals surface area contributed by atoms with E-state index in [0.717, 1.165) is 11.0 Å². The molecular weight excluding hydrogens is 363 g/mol. The van der Waals surface area contributed by atoms with E-state index in [1.807, 2.05) is 24.3 Å². The van der Waals surface area contributed by atoms with Crippen molar-refractivity contribution < 1.29 is 9.59 Å². The molecule has 1 aliphatic heterocycles. The van der Waals surface area contributed by atoms with E-state index in [1.54, 1.807) is 22.8 Å². The second-order valence-corrected chi connectivity index (χ2v) is 6.49. The van der Waals surface area contributed by atoms with Crippen molar-refractivity contribution >= 4 is 57.7 Å². The van der Waals surface area contributed by atoms with Crippen molar-refractivity contribution in [2.24, 2.45) is 0 Å². The van der Waals surface area contributed by atoms with E-state index in [0.29, 0.717) is 21.7 Å². The van der Waals surface area contributed by atoms with E-state index in [-0.39, 0.29) is 18.2 Å². The van der Waals surface area contributed by atoms with Crippen molar-refractivity contribution in [3.05, 3.63) is 52.5 Å². The summed E-state index contributed by atoms with van der Waals surface area (Å²) in [6.45, 7) is 0. The van der Waals surface area contributed by atoms with Gasteiger partial charge in [0.2, 0.25) is 17.8 Å². The Bertz CT molecular complexity index is 1020. The Hall–Kier alpha value is -2.57. The number of halogens is 2. The molecule has 4 rings (SSSR count). The predicted molar refractivity (Wildman–Crippen MR) is 97.1 cm³/mol. The van der Waals surface area contributed by atoms with E-state index >= 15 is 0 Å². The lowest BCUT2D eigenvalue weighted by Gasteiger charge is -2.12. The summed E-state index contributed by atoms with van der Waals surface area (Å²) in [4.78, 5) is 29.0. The van der Waals surface area contributed by atoms with Gasteiger partial charge in [-0.2, -0.15) is 0 Å². The molecule has 0 saturated heterocycles. The van der Waals surface area contributed by atoms with Crippen LogP contribution in [-0.4, -0.2) is 21.4 Å². The molecule has 25 heavy (non-hydrogen) atoms. The number of hydrogen-bond acceptors (Lipinski definition) is 3. The number of carbonyl (C=O) groups is 2. The molecule has 8 heteroatoms. The molecule has 0 saturated carbocycles.